The van der Waals surface area contributed by atoms with Gasteiger partial charge in [0.2, 0.25) is 0 Å². The maximum absolute atomic E-state index is 12.5. The summed E-state index contributed by atoms with van der Waals surface area (Å²) >= 11 is 5.26. The predicted molar refractivity (Wildman–Crippen MR) is 102 cm³/mol. The van der Waals surface area contributed by atoms with Crippen molar-refractivity contribution in [2.45, 2.75) is 39.2 Å². The van der Waals surface area contributed by atoms with Crippen LogP contribution in [0.5, 0.6) is 0 Å². The SMILES string of the molecule is COCCOC(=O)C1=C(C)NC(=S)N[C@H]1c1ccc(C(C)(C)C)cc1. The summed E-state index contributed by atoms with van der Waals surface area (Å²) in [6, 6.07) is 7.90. The minimum Gasteiger partial charge on any atom is -0.460 e. The Morgan fingerprint density at radius 2 is 1.84 bits per heavy atom. The van der Waals surface area contributed by atoms with Crippen molar-refractivity contribution in [3.63, 3.8) is 0 Å². The van der Waals surface area contributed by atoms with Crippen molar-refractivity contribution in [1.29, 1.82) is 0 Å². The van der Waals surface area contributed by atoms with Crippen LogP contribution in [0.4, 0.5) is 0 Å². The lowest BCUT2D eigenvalue weighted by Gasteiger charge is -2.30. The molecule has 1 aliphatic heterocycles. The van der Waals surface area contributed by atoms with Crippen LogP contribution in [-0.4, -0.2) is 31.4 Å². The summed E-state index contributed by atoms with van der Waals surface area (Å²) in [6.45, 7) is 8.92. The Balaban J connectivity index is 2.30. The van der Waals surface area contributed by atoms with Gasteiger partial charge in [0.25, 0.3) is 0 Å². The summed E-state index contributed by atoms with van der Waals surface area (Å²) in [5, 5.41) is 6.67. The van der Waals surface area contributed by atoms with Crippen LogP contribution < -0.4 is 10.6 Å². The molecule has 0 radical (unpaired) electrons. The lowest BCUT2D eigenvalue weighted by molar-refractivity contribution is -0.140. The van der Waals surface area contributed by atoms with Crippen molar-refractivity contribution < 1.29 is 14.3 Å². The summed E-state index contributed by atoms with van der Waals surface area (Å²) in [5.41, 5.74) is 3.51. The number of nitrogens with one attached hydrogen (secondary N) is 2. The Morgan fingerprint density at radius 3 is 2.40 bits per heavy atom. The van der Waals surface area contributed by atoms with Crippen LogP contribution in [0.25, 0.3) is 0 Å². The zero-order valence-electron chi connectivity index (χ0n) is 15.4. The molecule has 0 aromatic heterocycles. The van der Waals surface area contributed by atoms with Crippen LogP contribution in [-0.2, 0) is 19.7 Å². The fraction of sp³-hybridized carbons (Fsp3) is 0.474. The summed E-state index contributed by atoms with van der Waals surface area (Å²) in [4.78, 5) is 12.5. The van der Waals surface area contributed by atoms with Crippen molar-refractivity contribution in [2.24, 2.45) is 0 Å². The number of thiocarbonyl (C=S) groups is 1. The molecule has 0 spiro atoms. The molecule has 1 heterocycles. The number of esters is 1. The highest BCUT2D eigenvalue weighted by Gasteiger charge is 2.31. The molecule has 1 aromatic rings. The molecule has 136 valence electrons. The van der Waals surface area contributed by atoms with E-state index in [0.717, 1.165) is 5.56 Å². The highest BCUT2D eigenvalue weighted by atomic mass is 32.1. The Hall–Kier alpha value is -1.92. The third kappa shape index (κ3) is 4.80. The zero-order valence-corrected chi connectivity index (χ0v) is 16.3. The molecule has 0 saturated carbocycles. The molecule has 0 amide bonds. The summed E-state index contributed by atoms with van der Waals surface area (Å²) < 4.78 is 10.2. The standard InChI is InChI=1S/C19H26N2O3S/c1-12-15(17(22)24-11-10-23-5)16(21-18(25)20-12)13-6-8-14(9-7-13)19(2,3)4/h6-9,16H,10-11H2,1-5H3,(H2,20,21,25)/t16-/m0/s1. The van der Waals surface area contributed by atoms with E-state index in [1.54, 1.807) is 7.11 Å². The largest absolute Gasteiger partial charge is 0.460 e. The molecule has 2 N–H and O–H groups in total. The first kappa shape index (κ1) is 19.4. The second-order valence-corrected chi connectivity index (χ2v) is 7.48. The Kier molecular flexibility index (Phi) is 6.19. The van der Waals surface area contributed by atoms with Gasteiger partial charge in [-0.3, -0.25) is 0 Å². The quantitative estimate of drug-likeness (QED) is 0.477. The van der Waals surface area contributed by atoms with Crippen molar-refractivity contribution in [2.75, 3.05) is 20.3 Å². The summed E-state index contributed by atoms with van der Waals surface area (Å²) in [7, 11) is 1.57. The smallest absolute Gasteiger partial charge is 0.338 e. The molecule has 1 aliphatic rings. The van der Waals surface area contributed by atoms with Gasteiger partial charge in [-0.05, 0) is 35.7 Å². The number of allylic oxidation sites excluding steroid dienone is 1. The number of carbonyl (C=O) groups excluding carboxylic acids is 1. The van der Waals surface area contributed by atoms with E-state index in [4.69, 9.17) is 21.7 Å². The van der Waals surface area contributed by atoms with Crippen LogP contribution >= 0.6 is 12.2 Å². The molecule has 0 fully saturated rings. The molecule has 0 aliphatic carbocycles. The van der Waals surface area contributed by atoms with Gasteiger partial charge in [0, 0.05) is 12.8 Å². The van der Waals surface area contributed by atoms with Crippen molar-refractivity contribution in [3.8, 4) is 0 Å². The topological polar surface area (TPSA) is 59.6 Å². The second kappa shape index (κ2) is 7.97. The van der Waals surface area contributed by atoms with E-state index in [2.05, 4.69) is 43.5 Å². The molecule has 6 heteroatoms. The zero-order chi connectivity index (χ0) is 18.6. The predicted octanol–water partition coefficient (Wildman–Crippen LogP) is 2.97. The first-order valence-electron chi connectivity index (χ1n) is 8.29. The highest BCUT2D eigenvalue weighted by molar-refractivity contribution is 7.80. The maximum Gasteiger partial charge on any atom is 0.338 e. The molecule has 0 bridgehead atoms. The second-order valence-electron chi connectivity index (χ2n) is 7.07. The number of benzene rings is 1. The highest BCUT2D eigenvalue weighted by Crippen LogP contribution is 2.30. The van der Waals surface area contributed by atoms with E-state index < -0.39 is 0 Å². The number of carbonyl (C=O) groups is 1. The molecule has 0 saturated heterocycles. The third-order valence-corrected chi connectivity index (χ3v) is 4.34. The van der Waals surface area contributed by atoms with E-state index in [0.29, 0.717) is 23.0 Å². The average molecular weight is 362 g/mol. The molecule has 5 nitrogen and oxygen atoms in total. The summed E-state index contributed by atoms with van der Waals surface area (Å²) in [6.07, 6.45) is 0. The fourth-order valence-electron chi connectivity index (χ4n) is 2.69. The normalized spacial score (nSPS) is 17.8. The van der Waals surface area contributed by atoms with Gasteiger partial charge >= 0.3 is 5.97 Å². The van der Waals surface area contributed by atoms with E-state index in [1.807, 2.05) is 19.1 Å². The van der Waals surface area contributed by atoms with E-state index in [9.17, 15) is 4.79 Å². The Labute approximate surface area is 154 Å². The van der Waals surface area contributed by atoms with Gasteiger partial charge in [-0.2, -0.15) is 0 Å². The van der Waals surface area contributed by atoms with Gasteiger partial charge in [0.1, 0.15) is 6.61 Å². The molecular weight excluding hydrogens is 336 g/mol. The lowest BCUT2D eigenvalue weighted by Crippen LogP contribution is -2.45. The van der Waals surface area contributed by atoms with Crippen LogP contribution in [0.1, 0.15) is 44.9 Å². The Bertz CT molecular complexity index is 675. The van der Waals surface area contributed by atoms with Gasteiger partial charge in [-0.1, -0.05) is 45.0 Å². The van der Waals surface area contributed by atoms with E-state index >= 15 is 0 Å². The molecule has 1 atom stereocenters. The maximum atomic E-state index is 12.5. The summed E-state index contributed by atoms with van der Waals surface area (Å²) in [5.74, 6) is -0.373. The Morgan fingerprint density at radius 1 is 1.20 bits per heavy atom. The van der Waals surface area contributed by atoms with Gasteiger partial charge in [0.15, 0.2) is 5.11 Å². The number of hydrogen-bond donors (Lipinski definition) is 2. The number of rotatable bonds is 5. The first-order valence-corrected chi connectivity index (χ1v) is 8.69. The van der Waals surface area contributed by atoms with Crippen LogP contribution in [0.3, 0.4) is 0 Å². The van der Waals surface area contributed by atoms with E-state index in [-0.39, 0.29) is 24.0 Å². The van der Waals surface area contributed by atoms with Gasteiger partial charge < -0.3 is 20.1 Å². The molecule has 1 aromatic carbocycles. The number of hydrogen-bond acceptors (Lipinski definition) is 4. The van der Waals surface area contributed by atoms with Crippen molar-refractivity contribution in [1.82, 2.24) is 10.6 Å². The van der Waals surface area contributed by atoms with Crippen LogP contribution in [0.2, 0.25) is 0 Å². The van der Waals surface area contributed by atoms with Crippen LogP contribution in [0.15, 0.2) is 35.5 Å². The number of ether oxygens (including phenoxy) is 2. The van der Waals surface area contributed by atoms with Gasteiger partial charge in [-0.25, -0.2) is 4.79 Å². The third-order valence-electron chi connectivity index (χ3n) is 4.12. The van der Waals surface area contributed by atoms with E-state index in [1.165, 1.54) is 5.56 Å². The lowest BCUT2D eigenvalue weighted by atomic mass is 9.85. The van der Waals surface area contributed by atoms with Crippen molar-refractivity contribution in [3.05, 3.63) is 46.7 Å². The minimum absolute atomic E-state index is 0.0725. The average Bonchev–Trinajstić information content (AvgIpc) is 2.53. The monoisotopic (exact) mass is 362 g/mol. The number of methoxy groups -OCH3 is 1. The van der Waals surface area contributed by atoms with Gasteiger partial charge in [0.05, 0.1) is 18.2 Å². The molecule has 25 heavy (non-hydrogen) atoms. The minimum atomic E-state index is -0.373. The van der Waals surface area contributed by atoms with Crippen molar-refractivity contribution >= 4 is 23.3 Å². The first-order chi connectivity index (χ1) is 11.7. The molecule has 0 unspecified atom stereocenters. The van der Waals surface area contributed by atoms with Gasteiger partial charge in [-0.15, -0.1) is 0 Å². The molecule has 2 rings (SSSR count). The molecular formula is C19H26N2O3S. The van der Waals surface area contributed by atoms with Crippen LogP contribution in [0, 0.1) is 0 Å². The fourth-order valence-corrected chi connectivity index (χ4v) is 2.96.